The van der Waals surface area contributed by atoms with Crippen molar-refractivity contribution < 1.29 is 4.79 Å². The first-order valence-corrected chi connectivity index (χ1v) is 7.77. The molecule has 2 fully saturated rings. The molecule has 116 valence electrons. The number of hydrogen-bond acceptors (Lipinski definition) is 2. The van der Waals surface area contributed by atoms with Gasteiger partial charge >= 0.3 is 0 Å². The van der Waals surface area contributed by atoms with Gasteiger partial charge in [-0.2, -0.15) is 0 Å². The van der Waals surface area contributed by atoms with Gasteiger partial charge in [0.15, 0.2) is 0 Å². The van der Waals surface area contributed by atoms with E-state index < -0.39 is 0 Å². The summed E-state index contributed by atoms with van der Waals surface area (Å²) in [4.78, 5) is 14.6. The highest BCUT2D eigenvalue weighted by molar-refractivity contribution is 5.85. The Labute approximate surface area is 133 Å². The van der Waals surface area contributed by atoms with Crippen LogP contribution in [0.4, 0.5) is 0 Å². The molecule has 2 atom stereocenters. The van der Waals surface area contributed by atoms with Gasteiger partial charge in [0.2, 0.25) is 5.91 Å². The van der Waals surface area contributed by atoms with Crippen LogP contribution in [0.1, 0.15) is 18.9 Å². The van der Waals surface area contributed by atoms with Gasteiger partial charge in [-0.3, -0.25) is 4.79 Å². The molecule has 0 bridgehead atoms. The van der Waals surface area contributed by atoms with Crippen molar-refractivity contribution >= 4 is 18.3 Å². The smallest absolute Gasteiger partial charge is 0.225 e. The first kappa shape index (κ1) is 16.3. The summed E-state index contributed by atoms with van der Waals surface area (Å²) in [6.45, 7) is 6.00. The van der Waals surface area contributed by atoms with E-state index in [4.69, 9.17) is 0 Å². The summed E-state index contributed by atoms with van der Waals surface area (Å²) in [7, 11) is 0. The largest absolute Gasteiger partial charge is 0.342 e. The maximum atomic E-state index is 12.5. The summed E-state index contributed by atoms with van der Waals surface area (Å²) < 4.78 is 0. The lowest BCUT2D eigenvalue weighted by Crippen LogP contribution is -2.50. The number of rotatable bonds is 4. The van der Waals surface area contributed by atoms with E-state index in [0.717, 1.165) is 39.0 Å². The lowest BCUT2D eigenvalue weighted by molar-refractivity contribution is -0.136. The molecule has 3 nitrogen and oxygen atoms in total. The van der Waals surface area contributed by atoms with Crippen molar-refractivity contribution in [2.45, 2.75) is 19.8 Å². The maximum absolute atomic E-state index is 12.5. The van der Waals surface area contributed by atoms with E-state index in [-0.39, 0.29) is 18.3 Å². The first-order chi connectivity index (χ1) is 9.74. The van der Waals surface area contributed by atoms with Crippen molar-refractivity contribution in [1.82, 2.24) is 10.2 Å². The number of likely N-dealkylation sites (tertiary alicyclic amines) is 1. The second-order valence-electron chi connectivity index (χ2n) is 6.34. The lowest BCUT2D eigenvalue weighted by Gasteiger charge is -2.34. The molecule has 21 heavy (non-hydrogen) atoms. The highest BCUT2D eigenvalue weighted by atomic mass is 35.5. The van der Waals surface area contributed by atoms with Crippen molar-refractivity contribution in [3.8, 4) is 0 Å². The second kappa shape index (κ2) is 7.28. The highest BCUT2D eigenvalue weighted by Gasteiger charge is 2.34. The summed E-state index contributed by atoms with van der Waals surface area (Å²) in [5.41, 5.74) is 1.39. The molecule has 3 rings (SSSR count). The van der Waals surface area contributed by atoms with Gasteiger partial charge in [0.05, 0.1) is 0 Å². The van der Waals surface area contributed by atoms with Gasteiger partial charge in [-0.05, 0) is 43.3 Å². The van der Waals surface area contributed by atoms with Gasteiger partial charge in [0.1, 0.15) is 0 Å². The minimum Gasteiger partial charge on any atom is -0.342 e. The monoisotopic (exact) mass is 308 g/mol. The topological polar surface area (TPSA) is 32.3 Å². The first-order valence-electron chi connectivity index (χ1n) is 7.77. The standard InChI is InChI=1S/C17H24N2O.ClH/c1-13(16-10-18-11-16)17(20)19-8-7-15(12-19)9-14-5-3-2-4-6-14;/h2-6,13,15-16,18H,7-12H2,1H3;1H. The fourth-order valence-corrected chi connectivity index (χ4v) is 3.30. The van der Waals surface area contributed by atoms with Gasteiger partial charge in [-0.1, -0.05) is 37.3 Å². The number of halogens is 1. The Balaban J connectivity index is 0.00000161. The molecule has 2 saturated heterocycles. The van der Waals surface area contributed by atoms with Crippen LogP contribution in [0.5, 0.6) is 0 Å². The summed E-state index contributed by atoms with van der Waals surface area (Å²) in [5, 5.41) is 3.26. The Morgan fingerprint density at radius 3 is 2.67 bits per heavy atom. The van der Waals surface area contributed by atoms with Crippen molar-refractivity contribution in [2.24, 2.45) is 17.8 Å². The van der Waals surface area contributed by atoms with E-state index in [2.05, 4.69) is 47.5 Å². The average molecular weight is 309 g/mol. The molecule has 1 aromatic carbocycles. The van der Waals surface area contributed by atoms with Gasteiger partial charge in [-0.15, -0.1) is 12.4 Å². The molecule has 0 radical (unpaired) electrons. The fraction of sp³-hybridized carbons (Fsp3) is 0.588. The number of benzene rings is 1. The summed E-state index contributed by atoms with van der Waals surface area (Å²) >= 11 is 0. The van der Waals surface area contributed by atoms with Crippen molar-refractivity contribution in [1.29, 1.82) is 0 Å². The third-order valence-corrected chi connectivity index (χ3v) is 4.87. The van der Waals surface area contributed by atoms with Crippen LogP contribution in [0.15, 0.2) is 30.3 Å². The van der Waals surface area contributed by atoms with Crippen LogP contribution < -0.4 is 5.32 Å². The molecule has 2 unspecified atom stereocenters. The van der Waals surface area contributed by atoms with E-state index in [1.165, 1.54) is 5.56 Å². The zero-order valence-electron chi connectivity index (χ0n) is 12.6. The van der Waals surface area contributed by atoms with Gasteiger partial charge in [-0.25, -0.2) is 0 Å². The van der Waals surface area contributed by atoms with Crippen molar-refractivity contribution in [2.75, 3.05) is 26.2 Å². The molecule has 2 aliphatic rings. The fourth-order valence-electron chi connectivity index (χ4n) is 3.30. The summed E-state index contributed by atoms with van der Waals surface area (Å²) in [6, 6.07) is 10.6. The van der Waals surface area contributed by atoms with Gasteiger partial charge in [0, 0.05) is 19.0 Å². The SMILES string of the molecule is CC(C(=O)N1CCC(Cc2ccccc2)C1)C1CNC1.Cl. The number of nitrogens with zero attached hydrogens (tertiary/aromatic N) is 1. The van der Waals surface area contributed by atoms with Crippen LogP contribution in [-0.2, 0) is 11.2 Å². The van der Waals surface area contributed by atoms with E-state index >= 15 is 0 Å². The predicted octanol–water partition coefficient (Wildman–Crippen LogP) is 2.35. The quantitative estimate of drug-likeness (QED) is 0.926. The molecular formula is C17H25ClN2O. The van der Waals surface area contributed by atoms with E-state index in [1.54, 1.807) is 0 Å². The summed E-state index contributed by atoms with van der Waals surface area (Å²) in [6.07, 6.45) is 2.25. The Morgan fingerprint density at radius 2 is 2.05 bits per heavy atom. The van der Waals surface area contributed by atoms with Crippen LogP contribution in [-0.4, -0.2) is 37.0 Å². The molecule has 4 heteroatoms. The van der Waals surface area contributed by atoms with E-state index in [0.29, 0.717) is 17.7 Å². The zero-order valence-corrected chi connectivity index (χ0v) is 13.4. The minimum atomic E-state index is 0. The molecule has 1 amide bonds. The molecule has 2 heterocycles. The van der Waals surface area contributed by atoms with Crippen LogP contribution in [0.25, 0.3) is 0 Å². The normalized spacial score (nSPS) is 23.3. The predicted molar refractivity (Wildman–Crippen MR) is 87.6 cm³/mol. The maximum Gasteiger partial charge on any atom is 0.225 e. The van der Waals surface area contributed by atoms with Crippen molar-refractivity contribution in [3.63, 3.8) is 0 Å². The van der Waals surface area contributed by atoms with Crippen LogP contribution in [0.3, 0.4) is 0 Å². The molecule has 0 saturated carbocycles. The number of carbonyl (C=O) groups excluding carboxylic acids is 1. The Kier molecular flexibility index (Phi) is 5.65. The van der Waals surface area contributed by atoms with Crippen LogP contribution in [0, 0.1) is 17.8 Å². The van der Waals surface area contributed by atoms with E-state index in [9.17, 15) is 4.79 Å². The number of nitrogens with one attached hydrogen (secondary N) is 1. The lowest BCUT2D eigenvalue weighted by atomic mass is 9.88. The van der Waals surface area contributed by atoms with E-state index in [1.807, 2.05) is 0 Å². The number of amides is 1. The highest BCUT2D eigenvalue weighted by Crippen LogP contribution is 2.25. The minimum absolute atomic E-state index is 0. The van der Waals surface area contributed by atoms with Crippen LogP contribution >= 0.6 is 12.4 Å². The Morgan fingerprint density at radius 1 is 1.33 bits per heavy atom. The zero-order chi connectivity index (χ0) is 13.9. The van der Waals surface area contributed by atoms with Crippen molar-refractivity contribution in [3.05, 3.63) is 35.9 Å². The second-order valence-corrected chi connectivity index (χ2v) is 6.34. The number of carbonyl (C=O) groups is 1. The Hall–Kier alpha value is -1.06. The molecule has 0 aromatic heterocycles. The molecular weight excluding hydrogens is 284 g/mol. The number of hydrogen-bond donors (Lipinski definition) is 1. The molecule has 2 aliphatic heterocycles. The Bertz CT molecular complexity index is 461. The molecule has 1 N–H and O–H groups in total. The van der Waals surface area contributed by atoms with Crippen LogP contribution in [0.2, 0.25) is 0 Å². The average Bonchev–Trinajstić information content (AvgIpc) is 2.85. The van der Waals surface area contributed by atoms with Gasteiger partial charge < -0.3 is 10.2 Å². The third kappa shape index (κ3) is 3.78. The third-order valence-electron chi connectivity index (χ3n) is 4.87. The summed E-state index contributed by atoms with van der Waals surface area (Å²) in [5.74, 6) is 1.74. The molecule has 0 aliphatic carbocycles. The van der Waals surface area contributed by atoms with Gasteiger partial charge in [0.25, 0.3) is 0 Å². The molecule has 0 spiro atoms. The molecule has 1 aromatic rings.